The largest absolute Gasteiger partial charge is 0.508 e. The van der Waals surface area contributed by atoms with Gasteiger partial charge in [-0.3, -0.25) is 0 Å². The zero-order valence-electron chi connectivity index (χ0n) is 10.9. The Hall–Kier alpha value is -1.18. The normalized spacial score (nSPS) is 11.0. The summed E-state index contributed by atoms with van der Waals surface area (Å²) in [7, 11) is 0. The monoisotopic (exact) mass is 236 g/mol. The van der Waals surface area contributed by atoms with Crippen LogP contribution in [0.5, 0.6) is 11.5 Å². The number of rotatable bonds is 7. The molecule has 1 aromatic carbocycles. The number of phenolic OH excluding ortho intramolecular Hbond substituents is 2. The molecule has 0 aliphatic heterocycles. The zero-order chi connectivity index (χ0) is 12.7. The summed E-state index contributed by atoms with van der Waals surface area (Å²) >= 11 is 0. The lowest BCUT2D eigenvalue weighted by molar-refractivity contribution is 0.435. The predicted molar refractivity (Wildman–Crippen MR) is 71.4 cm³/mol. The van der Waals surface area contributed by atoms with Gasteiger partial charge in [0.2, 0.25) is 0 Å². The van der Waals surface area contributed by atoms with Crippen molar-refractivity contribution in [2.24, 2.45) is 5.92 Å². The van der Waals surface area contributed by atoms with E-state index in [1.807, 2.05) is 0 Å². The van der Waals surface area contributed by atoms with Crippen LogP contribution in [0.25, 0.3) is 0 Å². The molecule has 0 amide bonds. The van der Waals surface area contributed by atoms with Crippen molar-refractivity contribution in [2.45, 2.75) is 52.4 Å². The fraction of sp³-hybridized carbons (Fsp3) is 0.600. The Labute approximate surface area is 104 Å². The minimum Gasteiger partial charge on any atom is -0.508 e. The molecule has 0 saturated heterocycles. The van der Waals surface area contributed by atoms with E-state index in [-0.39, 0.29) is 11.5 Å². The molecule has 0 heterocycles. The fourth-order valence-corrected chi connectivity index (χ4v) is 2.03. The number of benzene rings is 1. The van der Waals surface area contributed by atoms with Gasteiger partial charge in [-0.1, -0.05) is 45.6 Å². The first-order chi connectivity index (χ1) is 8.11. The Morgan fingerprint density at radius 1 is 0.941 bits per heavy atom. The Bertz CT molecular complexity index is 311. The molecule has 96 valence electrons. The molecular formula is C15H24O2. The van der Waals surface area contributed by atoms with Crippen molar-refractivity contribution in [3.8, 4) is 11.5 Å². The first kappa shape index (κ1) is 13.9. The number of unbranched alkanes of at least 4 members (excludes halogenated alkanes) is 3. The lowest BCUT2D eigenvalue weighted by Crippen LogP contribution is -1.90. The van der Waals surface area contributed by atoms with E-state index in [9.17, 15) is 10.2 Å². The van der Waals surface area contributed by atoms with Crippen molar-refractivity contribution in [3.63, 3.8) is 0 Å². The van der Waals surface area contributed by atoms with Crippen molar-refractivity contribution in [2.75, 3.05) is 0 Å². The quantitative estimate of drug-likeness (QED) is 0.695. The van der Waals surface area contributed by atoms with Gasteiger partial charge in [0.1, 0.15) is 11.5 Å². The second-order valence-corrected chi connectivity index (χ2v) is 5.12. The first-order valence-electron chi connectivity index (χ1n) is 6.61. The van der Waals surface area contributed by atoms with E-state index in [0.717, 1.165) is 18.8 Å². The summed E-state index contributed by atoms with van der Waals surface area (Å²) in [5, 5.41) is 19.2. The van der Waals surface area contributed by atoms with E-state index in [2.05, 4.69) is 13.8 Å². The summed E-state index contributed by atoms with van der Waals surface area (Å²) in [5.74, 6) is 1.22. The van der Waals surface area contributed by atoms with Gasteiger partial charge in [0.25, 0.3) is 0 Å². The highest BCUT2D eigenvalue weighted by Gasteiger charge is 2.05. The molecule has 0 aromatic heterocycles. The Morgan fingerprint density at radius 2 is 1.53 bits per heavy atom. The highest BCUT2D eigenvalue weighted by Crippen LogP contribution is 2.28. The molecule has 0 unspecified atom stereocenters. The summed E-state index contributed by atoms with van der Waals surface area (Å²) in [5.41, 5.74) is 0.691. The lowest BCUT2D eigenvalue weighted by atomic mass is 10.0. The summed E-state index contributed by atoms with van der Waals surface area (Å²) in [4.78, 5) is 0. The summed E-state index contributed by atoms with van der Waals surface area (Å²) in [6.07, 6.45) is 6.78. The third-order valence-corrected chi connectivity index (χ3v) is 3.08. The maximum atomic E-state index is 9.61. The van der Waals surface area contributed by atoms with Gasteiger partial charge >= 0.3 is 0 Å². The highest BCUT2D eigenvalue weighted by molar-refractivity contribution is 5.42. The second kappa shape index (κ2) is 7.21. The smallest absolute Gasteiger partial charge is 0.122 e. The van der Waals surface area contributed by atoms with Gasteiger partial charge in [-0.25, -0.2) is 0 Å². The molecule has 0 bridgehead atoms. The Morgan fingerprint density at radius 3 is 2.12 bits per heavy atom. The summed E-state index contributed by atoms with van der Waals surface area (Å²) in [6, 6.07) is 4.93. The molecule has 0 spiro atoms. The molecule has 0 atom stereocenters. The standard InChI is InChI=1S/C15H24O2/c1-12(2)8-5-3-4-6-9-13-14(16)10-7-11-15(13)17/h7,10-12,16-17H,3-6,8-9H2,1-2H3. The third kappa shape index (κ3) is 5.12. The summed E-state index contributed by atoms with van der Waals surface area (Å²) in [6.45, 7) is 4.50. The van der Waals surface area contributed by atoms with Crippen LogP contribution < -0.4 is 0 Å². The maximum absolute atomic E-state index is 9.61. The predicted octanol–water partition coefficient (Wildman–Crippen LogP) is 4.25. The van der Waals surface area contributed by atoms with E-state index in [0.29, 0.717) is 5.56 Å². The molecule has 0 fully saturated rings. The average molecular weight is 236 g/mol. The maximum Gasteiger partial charge on any atom is 0.122 e. The van der Waals surface area contributed by atoms with Gasteiger partial charge in [-0.05, 0) is 30.9 Å². The van der Waals surface area contributed by atoms with Gasteiger partial charge in [0, 0.05) is 5.56 Å². The molecular weight excluding hydrogens is 212 g/mol. The van der Waals surface area contributed by atoms with Crippen LogP contribution in [0.2, 0.25) is 0 Å². The van der Waals surface area contributed by atoms with Crippen LogP contribution in [0.1, 0.15) is 51.5 Å². The molecule has 17 heavy (non-hydrogen) atoms. The van der Waals surface area contributed by atoms with Crippen LogP contribution in [0.15, 0.2) is 18.2 Å². The number of aromatic hydroxyl groups is 2. The SMILES string of the molecule is CC(C)CCCCCCc1c(O)cccc1O. The zero-order valence-corrected chi connectivity index (χ0v) is 10.9. The van der Waals surface area contributed by atoms with Crippen LogP contribution in [-0.4, -0.2) is 10.2 Å². The van der Waals surface area contributed by atoms with Crippen molar-refractivity contribution in [3.05, 3.63) is 23.8 Å². The molecule has 0 saturated carbocycles. The van der Waals surface area contributed by atoms with E-state index < -0.39 is 0 Å². The number of hydrogen-bond donors (Lipinski definition) is 2. The van der Waals surface area contributed by atoms with Gasteiger partial charge < -0.3 is 10.2 Å². The van der Waals surface area contributed by atoms with Crippen LogP contribution >= 0.6 is 0 Å². The van der Waals surface area contributed by atoms with Crippen LogP contribution in [-0.2, 0) is 6.42 Å². The van der Waals surface area contributed by atoms with Crippen LogP contribution in [0.4, 0.5) is 0 Å². The molecule has 0 aliphatic carbocycles. The fourth-order valence-electron chi connectivity index (χ4n) is 2.03. The molecule has 0 aliphatic rings. The molecule has 1 aromatic rings. The number of phenols is 2. The van der Waals surface area contributed by atoms with Gasteiger partial charge in [-0.2, -0.15) is 0 Å². The average Bonchev–Trinajstić information content (AvgIpc) is 2.26. The lowest BCUT2D eigenvalue weighted by Gasteiger charge is -2.07. The van der Waals surface area contributed by atoms with E-state index in [4.69, 9.17) is 0 Å². The van der Waals surface area contributed by atoms with Gasteiger partial charge in [0.05, 0.1) is 0 Å². The minimum atomic E-state index is 0.215. The minimum absolute atomic E-state index is 0.215. The van der Waals surface area contributed by atoms with E-state index in [1.165, 1.54) is 25.7 Å². The van der Waals surface area contributed by atoms with Crippen LogP contribution in [0.3, 0.4) is 0 Å². The number of hydrogen-bond acceptors (Lipinski definition) is 2. The van der Waals surface area contributed by atoms with Gasteiger partial charge in [-0.15, -0.1) is 0 Å². The first-order valence-corrected chi connectivity index (χ1v) is 6.61. The Balaban J connectivity index is 2.22. The van der Waals surface area contributed by atoms with E-state index >= 15 is 0 Å². The van der Waals surface area contributed by atoms with Crippen molar-refractivity contribution >= 4 is 0 Å². The molecule has 2 heteroatoms. The Kier molecular flexibility index (Phi) is 5.88. The molecule has 2 N–H and O–H groups in total. The molecule has 0 radical (unpaired) electrons. The van der Waals surface area contributed by atoms with Crippen molar-refractivity contribution < 1.29 is 10.2 Å². The van der Waals surface area contributed by atoms with Gasteiger partial charge in [0.15, 0.2) is 0 Å². The summed E-state index contributed by atoms with van der Waals surface area (Å²) < 4.78 is 0. The highest BCUT2D eigenvalue weighted by atomic mass is 16.3. The third-order valence-electron chi connectivity index (χ3n) is 3.08. The second-order valence-electron chi connectivity index (χ2n) is 5.12. The topological polar surface area (TPSA) is 40.5 Å². The van der Waals surface area contributed by atoms with Crippen LogP contribution in [0, 0.1) is 5.92 Å². The molecule has 1 rings (SSSR count). The van der Waals surface area contributed by atoms with E-state index in [1.54, 1.807) is 18.2 Å². The van der Waals surface area contributed by atoms with Crippen molar-refractivity contribution in [1.29, 1.82) is 0 Å². The molecule has 2 nitrogen and oxygen atoms in total. The van der Waals surface area contributed by atoms with Crippen molar-refractivity contribution in [1.82, 2.24) is 0 Å².